The number of carboxylic acid groups (broad SMARTS) is 1. The van der Waals surface area contributed by atoms with Crippen LogP contribution in [0.4, 0.5) is 10.1 Å². The summed E-state index contributed by atoms with van der Waals surface area (Å²) in [5, 5.41) is 13.2. The molecule has 0 aliphatic carbocycles. The van der Waals surface area contributed by atoms with Gasteiger partial charge in [0.1, 0.15) is 11.4 Å². The fraction of sp³-hybridized carbons (Fsp3) is 0.375. The van der Waals surface area contributed by atoms with Crippen LogP contribution in [0, 0.1) is 5.82 Å². The van der Waals surface area contributed by atoms with Gasteiger partial charge < -0.3 is 19.9 Å². The van der Waals surface area contributed by atoms with Crippen molar-refractivity contribution in [2.24, 2.45) is 0 Å². The highest BCUT2D eigenvalue weighted by Gasteiger charge is 2.33. The largest absolute Gasteiger partial charge is 0.477 e. The number of fused-ring (bicyclic) bond motifs is 3. The zero-order chi connectivity index (χ0) is 17.0. The number of nitrogens with zero attached hydrogens (tertiary/aromatic N) is 2. The summed E-state index contributed by atoms with van der Waals surface area (Å²) in [6, 6.07) is 2.87. The molecule has 1 atom stereocenters. The van der Waals surface area contributed by atoms with Crippen LogP contribution in [-0.2, 0) is 0 Å². The molecule has 4 rings (SSSR count). The van der Waals surface area contributed by atoms with Crippen molar-refractivity contribution in [3.05, 3.63) is 33.7 Å². The molecule has 0 radical (unpaired) electrons. The first-order valence-corrected chi connectivity index (χ1v) is 8.64. The normalized spacial score (nSPS) is 19.1. The third-order valence-electron chi connectivity index (χ3n) is 4.55. The first-order valence-electron chi connectivity index (χ1n) is 7.76. The van der Waals surface area contributed by atoms with Gasteiger partial charge in [-0.05, 0) is 19.1 Å². The molecule has 2 aliphatic heterocycles. The van der Waals surface area contributed by atoms with Crippen molar-refractivity contribution >= 4 is 46.7 Å². The van der Waals surface area contributed by atoms with Gasteiger partial charge in [-0.15, -0.1) is 12.4 Å². The Balaban J connectivity index is 0.00000182. The molecule has 0 spiro atoms. The van der Waals surface area contributed by atoms with Gasteiger partial charge in [-0.3, -0.25) is 4.79 Å². The first-order chi connectivity index (χ1) is 11.5. The molecule has 2 aliphatic rings. The number of hydrogen-bond donors (Lipinski definition) is 2. The van der Waals surface area contributed by atoms with Gasteiger partial charge in [0.15, 0.2) is 0 Å². The molecule has 0 amide bonds. The monoisotopic (exact) mass is 385 g/mol. The van der Waals surface area contributed by atoms with Crippen LogP contribution in [0.2, 0.25) is 0 Å². The average Bonchev–Trinajstić information content (AvgIpc) is 2.55. The van der Waals surface area contributed by atoms with Crippen molar-refractivity contribution in [2.45, 2.75) is 17.3 Å². The number of aromatic nitrogens is 1. The van der Waals surface area contributed by atoms with Crippen LogP contribution in [0.25, 0.3) is 10.9 Å². The zero-order valence-corrected chi connectivity index (χ0v) is 15.0. The molecular formula is C16H17ClFN3O3S. The van der Waals surface area contributed by atoms with E-state index in [9.17, 15) is 19.1 Å². The SMILES string of the molecule is C[C@@H]1Sc2c(C(=O)O)c(=O)c3cc(F)c(N4CCNCC4)cc3n21.Cl. The summed E-state index contributed by atoms with van der Waals surface area (Å²) in [5.74, 6) is -1.75. The molecule has 0 unspecified atom stereocenters. The van der Waals surface area contributed by atoms with Gasteiger partial charge in [-0.1, -0.05) is 11.8 Å². The Morgan fingerprint density at radius 1 is 1.36 bits per heavy atom. The zero-order valence-electron chi connectivity index (χ0n) is 13.4. The number of carboxylic acids is 1. The second-order valence-corrected chi connectivity index (χ2v) is 7.26. The molecule has 2 N–H and O–H groups in total. The van der Waals surface area contributed by atoms with E-state index in [2.05, 4.69) is 5.32 Å². The lowest BCUT2D eigenvalue weighted by Crippen LogP contribution is -2.44. The van der Waals surface area contributed by atoms with E-state index in [4.69, 9.17) is 0 Å². The third kappa shape index (κ3) is 2.68. The van der Waals surface area contributed by atoms with Gasteiger partial charge in [0.2, 0.25) is 5.43 Å². The summed E-state index contributed by atoms with van der Waals surface area (Å²) in [6.45, 7) is 4.87. The van der Waals surface area contributed by atoms with E-state index in [0.717, 1.165) is 13.1 Å². The molecule has 9 heteroatoms. The summed E-state index contributed by atoms with van der Waals surface area (Å²) in [5.41, 5.74) is 0.181. The number of anilines is 1. The van der Waals surface area contributed by atoms with Crippen molar-refractivity contribution in [1.82, 2.24) is 9.88 Å². The highest BCUT2D eigenvalue weighted by atomic mass is 35.5. The number of hydrogen-bond acceptors (Lipinski definition) is 5. The Hall–Kier alpha value is -1.77. The molecule has 1 aromatic heterocycles. The highest BCUT2D eigenvalue weighted by Crippen LogP contribution is 2.46. The van der Waals surface area contributed by atoms with Crippen LogP contribution in [0.1, 0.15) is 22.7 Å². The minimum Gasteiger partial charge on any atom is -0.477 e. The number of aromatic carboxylic acids is 1. The van der Waals surface area contributed by atoms with Gasteiger partial charge in [-0.25, -0.2) is 9.18 Å². The number of benzene rings is 1. The van der Waals surface area contributed by atoms with Crippen LogP contribution in [0.3, 0.4) is 0 Å². The van der Waals surface area contributed by atoms with E-state index < -0.39 is 17.2 Å². The maximum atomic E-state index is 14.6. The van der Waals surface area contributed by atoms with Crippen LogP contribution in [0.5, 0.6) is 0 Å². The Bertz CT molecular complexity index is 927. The number of piperazine rings is 1. The second kappa shape index (κ2) is 6.51. The summed E-state index contributed by atoms with van der Waals surface area (Å²) in [7, 11) is 0. The first kappa shape index (κ1) is 18.0. The topological polar surface area (TPSA) is 74.6 Å². The Morgan fingerprint density at radius 2 is 2.04 bits per heavy atom. The minimum absolute atomic E-state index is 0. The van der Waals surface area contributed by atoms with Gasteiger partial charge in [-0.2, -0.15) is 0 Å². The Labute approximate surface area is 153 Å². The number of rotatable bonds is 2. The minimum atomic E-state index is -1.27. The maximum Gasteiger partial charge on any atom is 0.342 e. The lowest BCUT2D eigenvalue weighted by Gasteiger charge is -2.34. The lowest BCUT2D eigenvalue weighted by molar-refractivity contribution is 0.0689. The van der Waals surface area contributed by atoms with Gasteiger partial charge in [0.05, 0.1) is 21.6 Å². The predicted molar refractivity (Wildman–Crippen MR) is 98.0 cm³/mol. The van der Waals surface area contributed by atoms with Crippen molar-refractivity contribution < 1.29 is 14.3 Å². The van der Waals surface area contributed by atoms with Crippen LogP contribution < -0.4 is 15.6 Å². The van der Waals surface area contributed by atoms with Crippen molar-refractivity contribution in [2.75, 3.05) is 31.1 Å². The lowest BCUT2D eigenvalue weighted by atomic mass is 10.1. The molecule has 3 heterocycles. The average molecular weight is 386 g/mol. The summed E-state index contributed by atoms with van der Waals surface area (Å²) in [6.07, 6.45) is 0. The van der Waals surface area contributed by atoms with Crippen LogP contribution in [-0.4, -0.2) is 41.8 Å². The number of pyridine rings is 1. The smallest absolute Gasteiger partial charge is 0.342 e. The Kier molecular flexibility index (Phi) is 4.70. The van der Waals surface area contributed by atoms with E-state index in [-0.39, 0.29) is 28.7 Å². The Morgan fingerprint density at radius 3 is 2.64 bits per heavy atom. The number of nitrogens with one attached hydrogen (secondary N) is 1. The number of carbonyl (C=O) groups is 1. The highest BCUT2D eigenvalue weighted by molar-refractivity contribution is 8.00. The molecule has 2 aromatic rings. The molecule has 1 fully saturated rings. The van der Waals surface area contributed by atoms with E-state index >= 15 is 0 Å². The molecule has 6 nitrogen and oxygen atoms in total. The van der Waals surface area contributed by atoms with Crippen molar-refractivity contribution in [3.63, 3.8) is 0 Å². The van der Waals surface area contributed by atoms with Crippen molar-refractivity contribution in [1.29, 1.82) is 0 Å². The summed E-state index contributed by atoms with van der Waals surface area (Å²) >= 11 is 1.35. The number of thioether (sulfide) groups is 1. The molecule has 1 saturated heterocycles. The quantitative estimate of drug-likeness (QED) is 0.826. The fourth-order valence-corrected chi connectivity index (χ4v) is 4.53. The summed E-state index contributed by atoms with van der Waals surface area (Å²) < 4.78 is 16.4. The standard InChI is InChI=1S/C16H16FN3O3S.ClH/c1-8-20-11-7-12(19-4-2-18-3-5-19)10(17)6-9(11)14(21)13(16(22)23)15(20)24-8;/h6-8,18H,2-5H2,1H3,(H,22,23);1H/t8-;/m0./s1. The second-order valence-electron chi connectivity index (χ2n) is 5.96. The van der Waals surface area contributed by atoms with Gasteiger partial charge in [0.25, 0.3) is 0 Å². The summed E-state index contributed by atoms with van der Waals surface area (Å²) in [4.78, 5) is 25.9. The van der Waals surface area contributed by atoms with Crippen LogP contribution >= 0.6 is 24.2 Å². The molecule has 0 saturated carbocycles. The van der Waals surface area contributed by atoms with Crippen LogP contribution in [0.15, 0.2) is 22.0 Å². The van der Waals surface area contributed by atoms with Gasteiger partial charge >= 0.3 is 5.97 Å². The van der Waals surface area contributed by atoms with Gasteiger partial charge in [0, 0.05) is 31.6 Å². The molecule has 0 bridgehead atoms. The molecule has 25 heavy (non-hydrogen) atoms. The molecule has 1 aromatic carbocycles. The molecule has 134 valence electrons. The van der Waals surface area contributed by atoms with E-state index in [1.165, 1.54) is 17.8 Å². The van der Waals surface area contributed by atoms with E-state index in [1.54, 1.807) is 6.07 Å². The van der Waals surface area contributed by atoms with Crippen molar-refractivity contribution in [3.8, 4) is 0 Å². The maximum absolute atomic E-state index is 14.6. The third-order valence-corrected chi connectivity index (χ3v) is 5.72. The van der Waals surface area contributed by atoms with E-state index in [0.29, 0.717) is 29.3 Å². The number of halogens is 2. The van der Waals surface area contributed by atoms with E-state index in [1.807, 2.05) is 16.4 Å². The molecular weight excluding hydrogens is 369 g/mol. The fourth-order valence-electron chi connectivity index (χ4n) is 3.37. The predicted octanol–water partition coefficient (Wildman–Crippen LogP) is 2.29.